The van der Waals surface area contributed by atoms with E-state index >= 15 is 0 Å². The Hall–Kier alpha value is -3.11. The van der Waals surface area contributed by atoms with Crippen molar-refractivity contribution in [1.82, 2.24) is 10.2 Å². The van der Waals surface area contributed by atoms with Crippen LogP contribution >= 0.6 is 23.1 Å². The third kappa shape index (κ3) is 5.69. The highest BCUT2D eigenvalue weighted by atomic mass is 32.2. The Bertz CT molecular complexity index is 995. The zero-order valence-corrected chi connectivity index (χ0v) is 17.3. The maximum absolute atomic E-state index is 12.5. The van der Waals surface area contributed by atoms with E-state index in [0.29, 0.717) is 26.5 Å². The number of benzene rings is 2. The van der Waals surface area contributed by atoms with Crippen LogP contribution in [0.15, 0.2) is 52.9 Å². The van der Waals surface area contributed by atoms with Crippen molar-refractivity contribution in [3.63, 3.8) is 0 Å². The van der Waals surface area contributed by atoms with Crippen molar-refractivity contribution in [2.24, 2.45) is 0 Å². The summed E-state index contributed by atoms with van der Waals surface area (Å²) in [5.41, 5.74) is 1.08. The molecule has 150 valence electrons. The van der Waals surface area contributed by atoms with Crippen molar-refractivity contribution in [1.29, 1.82) is 0 Å². The van der Waals surface area contributed by atoms with Gasteiger partial charge in [-0.25, -0.2) is 0 Å². The number of nitrogens with one attached hydrogen (secondary N) is 2. The van der Waals surface area contributed by atoms with Gasteiger partial charge in [-0.15, -0.1) is 10.2 Å². The van der Waals surface area contributed by atoms with Crippen molar-refractivity contribution >= 4 is 45.7 Å². The first-order chi connectivity index (χ1) is 14.1. The Morgan fingerprint density at radius 2 is 1.83 bits per heavy atom. The highest BCUT2D eigenvalue weighted by molar-refractivity contribution is 8.01. The molecule has 0 saturated carbocycles. The molecule has 0 unspecified atom stereocenters. The molecule has 1 aromatic heterocycles. The number of amides is 2. The van der Waals surface area contributed by atoms with Gasteiger partial charge in [0.25, 0.3) is 5.91 Å². The smallest absolute Gasteiger partial charge is 0.261 e. The lowest BCUT2D eigenvalue weighted by Crippen LogP contribution is -2.13. The number of carbonyl (C=O) groups is 2. The molecule has 2 N–H and O–H groups in total. The van der Waals surface area contributed by atoms with Crippen LogP contribution in [-0.4, -0.2) is 42.0 Å². The monoisotopic (exact) mass is 430 g/mol. The second-order valence-electron chi connectivity index (χ2n) is 5.60. The first-order valence-electron chi connectivity index (χ1n) is 8.43. The van der Waals surface area contributed by atoms with Crippen molar-refractivity contribution < 1.29 is 19.1 Å². The average Bonchev–Trinajstić information content (AvgIpc) is 3.19. The minimum Gasteiger partial charge on any atom is -0.497 e. The van der Waals surface area contributed by atoms with Gasteiger partial charge in [0, 0.05) is 11.8 Å². The van der Waals surface area contributed by atoms with E-state index in [1.807, 2.05) is 30.3 Å². The molecule has 2 amide bonds. The maximum Gasteiger partial charge on any atom is 0.261 e. The summed E-state index contributed by atoms with van der Waals surface area (Å²) in [6.07, 6.45) is 0. The lowest BCUT2D eigenvalue weighted by atomic mass is 10.2. The summed E-state index contributed by atoms with van der Waals surface area (Å²) in [5, 5.41) is 13.8. The highest BCUT2D eigenvalue weighted by Crippen LogP contribution is 2.28. The molecule has 0 radical (unpaired) electrons. The molecule has 0 atom stereocenters. The summed E-state index contributed by atoms with van der Waals surface area (Å²) in [6, 6.07) is 14.1. The molecule has 0 fully saturated rings. The normalized spacial score (nSPS) is 10.3. The number of para-hydroxylation sites is 1. The standard InChI is InChI=1S/C19H18N4O4S2/c1-26-13-8-9-14(15(10-13)27-2)17(25)21-18-22-23-19(29-18)28-11-16(24)20-12-6-4-3-5-7-12/h3-10H,11H2,1-2H3,(H,20,24)(H,21,22,25). The number of ether oxygens (including phenoxy) is 2. The third-order valence-electron chi connectivity index (χ3n) is 3.66. The van der Waals surface area contributed by atoms with Crippen LogP contribution in [-0.2, 0) is 4.79 Å². The lowest BCUT2D eigenvalue weighted by molar-refractivity contribution is -0.113. The van der Waals surface area contributed by atoms with Crippen LogP contribution in [0.25, 0.3) is 0 Å². The van der Waals surface area contributed by atoms with Gasteiger partial charge in [-0.3, -0.25) is 14.9 Å². The second-order valence-corrected chi connectivity index (χ2v) is 7.80. The van der Waals surface area contributed by atoms with Gasteiger partial charge < -0.3 is 14.8 Å². The number of rotatable bonds is 8. The fourth-order valence-corrected chi connectivity index (χ4v) is 3.86. The Kier molecular flexibility index (Phi) is 7.04. The van der Waals surface area contributed by atoms with Crippen molar-refractivity contribution in [2.75, 3.05) is 30.6 Å². The fraction of sp³-hybridized carbons (Fsp3) is 0.158. The van der Waals surface area contributed by atoms with Crippen LogP contribution in [0.4, 0.5) is 10.8 Å². The first-order valence-corrected chi connectivity index (χ1v) is 10.2. The molecule has 8 nitrogen and oxygen atoms in total. The predicted molar refractivity (Wildman–Crippen MR) is 113 cm³/mol. The molecule has 0 bridgehead atoms. The van der Waals surface area contributed by atoms with Crippen LogP contribution in [0.2, 0.25) is 0 Å². The molecule has 0 aliphatic carbocycles. The minimum absolute atomic E-state index is 0.148. The summed E-state index contributed by atoms with van der Waals surface area (Å²) in [4.78, 5) is 24.5. The van der Waals surface area contributed by atoms with Crippen LogP contribution in [0.3, 0.4) is 0 Å². The number of hydrogen-bond donors (Lipinski definition) is 2. The molecular weight excluding hydrogens is 412 g/mol. The molecule has 3 rings (SSSR count). The van der Waals surface area contributed by atoms with Crippen molar-refractivity contribution in [2.45, 2.75) is 4.34 Å². The molecule has 3 aromatic rings. The van der Waals surface area contributed by atoms with Crippen LogP contribution in [0.5, 0.6) is 11.5 Å². The summed E-state index contributed by atoms with van der Waals surface area (Å²) >= 11 is 2.43. The second kappa shape index (κ2) is 9.89. The van der Waals surface area contributed by atoms with Gasteiger partial charge in [-0.05, 0) is 24.3 Å². The van der Waals surface area contributed by atoms with E-state index in [4.69, 9.17) is 9.47 Å². The number of hydrogen-bond acceptors (Lipinski definition) is 8. The molecule has 2 aromatic carbocycles. The number of carbonyl (C=O) groups excluding carboxylic acids is 2. The minimum atomic E-state index is -0.376. The first kappa shape index (κ1) is 20.6. The van der Waals surface area contributed by atoms with Gasteiger partial charge >= 0.3 is 0 Å². The average molecular weight is 431 g/mol. The van der Waals surface area contributed by atoms with E-state index in [-0.39, 0.29) is 17.6 Å². The van der Waals surface area contributed by atoms with Crippen molar-refractivity contribution in [3.8, 4) is 11.5 Å². The number of nitrogens with zero attached hydrogens (tertiary/aromatic N) is 2. The van der Waals surface area contributed by atoms with Gasteiger partial charge in [-0.2, -0.15) is 0 Å². The Balaban J connectivity index is 1.56. The van der Waals surface area contributed by atoms with Gasteiger partial charge in [0.05, 0.1) is 25.5 Å². The number of methoxy groups -OCH3 is 2. The van der Waals surface area contributed by atoms with Gasteiger partial charge in [0.1, 0.15) is 11.5 Å². The molecule has 29 heavy (non-hydrogen) atoms. The van der Waals surface area contributed by atoms with Crippen LogP contribution in [0, 0.1) is 0 Å². The van der Waals surface area contributed by atoms with E-state index in [2.05, 4.69) is 20.8 Å². The Morgan fingerprint density at radius 3 is 2.55 bits per heavy atom. The molecule has 0 spiro atoms. The summed E-state index contributed by atoms with van der Waals surface area (Å²) in [7, 11) is 3.01. The predicted octanol–water partition coefficient (Wildman–Crippen LogP) is 3.54. The maximum atomic E-state index is 12.5. The quantitative estimate of drug-likeness (QED) is 0.416. The number of aromatic nitrogens is 2. The molecule has 0 aliphatic rings. The molecule has 0 aliphatic heterocycles. The summed E-state index contributed by atoms with van der Waals surface area (Å²) in [6.45, 7) is 0. The van der Waals surface area contributed by atoms with Gasteiger partial charge in [0.2, 0.25) is 11.0 Å². The summed E-state index contributed by atoms with van der Waals surface area (Å²) in [5.74, 6) is 0.633. The van der Waals surface area contributed by atoms with Gasteiger partial charge in [0.15, 0.2) is 4.34 Å². The molecule has 10 heteroatoms. The highest BCUT2D eigenvalue weighted by Gasteiger charge is 2.16. The molecular formula is C19H18N4O4S2. The Labute approximate surface area is 175 Å². The fourth-order valence-electron chi connectivity index (χ4n) is 2.32. The van der Waals surface area contributed by atoms with E-state index in [0.717, 1.165) is 5.69 Å². The van der Waals surface area contributed by atoms with Gasteiger partial charge in [-0.1, -0.05) is 41.3 Å². The van der Waals surface area contributed by atoms with E-state index < -0.39 is 0 Å². The van der Waals surface area contributed by atoms with E-state index in [1.54, 1.807) is 18.2 Å². The number of thioether (sulfide) groups is 1. The Morgan fingerprint density at radius 1 is 1.03 bits per heavy atom. The van der Waals surface area contributed by atoms with Crippen molar-refractivity contribution in [3.05, 3.63) is 54.1 Å². The summed E-state index contributed by atoms with van der Waals surface area (Å²) < 4.78 is 10.9. The van der Waals surface area contributed by atoms with Crippen LogP contribution in [0.1, 0.15) is 10.4 Å². The lowest BCUT2D eigenvalue weighted by Gasteiger charge is -2.09. The molecule has 1 heterocycles. The zero-order chi connectivity index (χ0) is 20.6. The zero-order valence-electron chi connectivity index (χ0n) is 15.7. The topological polar surface area (TPSA) is 102 Å². The third-order valence-corrected chi connectivity index (χ3v) is 5.64. The SMILES string of the molecule is COc1ccc(C(=O)Nc2nnc(SCC(=O)Nc3ccccc3)s2)c(OC)c1. The van der Waals surface area contributed by atoms with E-state index in [9.17, 15) is 9.59 Å². The molecule has 0 saturated heterocycles. The largest absolute Gasteiger partial charge is 0.497 e. The van der Waals surface area contributed by atoms with Crippen LogP contribution < -0.4 is 20.1 Å². The van der Waals surface area contributed by atoms with E-state index in [1.165, 1.54) is 37.3 Å². The number of anilines is 2.